The summed E-state index contributed by atoms with van der Waals surface area (Å²) in [4.78, 5) is 11.7. The van der Waals surface area contributed by atoms with E-state index in [1.54, 1.807) is 0 Å². The number of carbonyl (C=O) groups excluding carboxylic acids is 1. The molecular weight excluding hydrogens is 228 g/mol. The largest absolute Gasteiger partial charge is 0.484 e. The Labute approximate surface area is 109 Å². The van der Waals surface area contributed by atoms with Crippen LogP contribution >= 0.6 is 0 Å². The van der Waals surface area contributed by atoms with Crippen LogP contribution < -0.4 is 15.4 Å². The lowest BCUT2D eigenvalue weighted by Gasteiger charge is -2.24. The van der Waals surface area contributed by atoms with Gasteiger partial charge in [-0.1, -0.05) is 6.92 Å². The Hall–Kier alpha value is -1.71. The molecule has 0 aliphatic carbocycles. The van der Waals surface area contributed by atoms with E-state index in [2.05, 4.69) is 10.6 Å². The van der Waals surface area contributed by atoms with Crippen LogP contribution in [0.4, 0.5) is 5.69 Å². The third-order valence-corrected chi connectivity index (χ3v) is 2.87. The molecule has 2 N–H and O–H groups in total. The minimum atomic E-state index is -0.184. The predicted octanol–water partition coefficient (Wildman–Crippen LogP) is 2.41. The van der Waals surface area contributed by atoms with Crippen molar-refractivity contribution in [3.63, 3.8) is 0 Å². The minimum absolute atomic E-state index is 0.0440. The van der Waals surface area contributed by atoms with Crippen LogP contribution in [-0.2, 0) is 4.79 Å². The third-order valence-electron chi connectivity index (χ3n) is 2.87. The van der Waals surface area contributed by atoms with Gasteiger partial charge >= 0.3 is 0 Å². The Morgan fingerprint density at radius 3 is 2.39 bits per heavy atom. The van der Waals surface area contributed by atoms with Gasteiger partial charge in [0, 0.05) is 18.3 Å². The van der Waals surface area contributed by atoms with E-state index in [1.807, 2.05) is 52.1 Å². The van der Waals surface area contributed by atoms with Gasteiger partial charge in [0.05, 0.1) is 0 Å². The van der Waals surface area contributed by atoms with E-state index in [1.165, 1.54) is 0 Å². The molecule has 18 heavy (non-hydrogen) atoms. The lowest BCUT2D eigenvalue weighted by molar-refractivity contribution is -0.124. The van der Waals surface area contributed by atoms with Gasteiger partial charge in [0.1, 0.15) is 5.75 Å². The van der Waals surface area contributed by atoms with Gasteiger partial charge < -0.3 is 15.4 Å². The first-order valence-electron chi connectivity index (χ1n) is 6.18. The average molecular weight is 250 g/mol. The average Bonchev–Trinajstić information content (AvgIpc) is 2.36. The zero-order valence-electron chi connectivity index (χ0n) is 11.5. The van der Waals surface area contributed by atoms with E-state index >= 15 is 0 Å². The maximum absolute atomic E-state index is 11.7. The molecule has 0 atom stereocenters. The summed E-state index contributed by atoms with van der Waals surface area (Å²) in [6.07, 6.45) is 0.885. The first-order valence-corrected chi connectivity index (χ1v) is 6.18. The summed E-state index contributed by atoms with van der Waals surface area (Å²) in [5, 5.41) is 5.95. The molecule has 0 aliphatic rings. The summed E-state index contributed by atoms with van der Waals surface area (Å²) in [5.41, 5.74) is 0.829. The maximum Gasteiger partial charge on any atom is 0.258 e. The molecule has 0 unspecified atom stereocenters. The number of benzene rings is 1. The van der Waals surface area contributed by atoms with Crippen molar-refractivity contribution in [1.82, 2.24) is 5.32 Å². The number of ether oxygens (including phenoxy) is 1. The van der Waals surface area contributed by atoms with E-state index in [4.69, 9.17) is 4.74 Å². The van der Waals surface area contributed by atoms with Crippen molar-refractivity contribution in [3.8, 4) is 5.75 Å². The number of hydrogen-bond acceptors (Lipinski definition) is 3. The van der Waals surface area contributed by atoms with Gasteiger partial charge in [-0.25, -0.2) is 0 Å². The molecule has 0 aliphatic heterocycles. The Bertz CT molecular complexity index is 385. The van der Waals surface area contributed by atoms with Gasteiger partial charge in [-0.15, -0.1) is 0 Å². The van der Waals surface area contributed by atoms with Crippen LogP contribution in [0.2, 0.25) is 0 Å². The van der Waals surface area contributed by atoms with Crippen molar-refractivity contribution in [1.29, 1.82) is 0 Å². The number of carbonyl (C=O) groups is 1. The summed E-state index contributed by atoms with van der Waals surface area (Å²) in [6, 6.07) is 7.49. The Morgan fingerprint density at radius 1 is 1.28 bits per heavy atom. The fraction of sp³-hybridized carbons (Fsp3) is 0.500. The van der Waals surface area contributed by atoms with Gasteiger partial charge in [0.2, 0.25) is 0 Å². The van der Waals surface area contributed by atoms with E-state index < -0.39 is 0 Å². The molecule has 0 fully saturated rings. The van der Waals surface area contributed by atoms with Crippen LogP contribution in [0.25, 0.3) is 0 Å². The molecule has 4 nitrogen and oxygen atoms in total. The van der Waals surface area contributed by atoms with E-state index in [0.29, 0.717) is 5.75 Å². The molecule has 0 aromatic heterocycles. The first kappa shape index (κ1) is 14.4. The molecule has 4 heteroatoms. The van der Waals surface area contributed by atoms with Crippen LogP contribution in [0.1, 0.15) is 27.2 Å². The highest BCUT2D eigenvalue weighted by Gasteiger charge is 2.17. The zero-order chi connectivity index (χ0) is 13.6. The molecular formula is C14H22N2O2. The molecule has 1 aromatic rings. The fourth-order valence-corrected chi connectivity index (χ4v) is 1.37. The molecule has 0 saturated heterocycles. The normalized spacial score (nSPS) is 10.9. The van der Waals surface area contributed by atoms with E-state index in [0.717, 1.165) is 12.1 Å². The van der Waals surface area contributed by atoms with Crippen molar-refractivity contribution < 1.29 is 9.53 Å². The summed E-state index contributed by atoms with van der Waals surface area (Å²) in [6.45, 7) is 6.07. The number of amides is 1. The molecule has 0 heterocycles. The number of hydrogen-bond donors (Lipinski definition) is 2. The molecule has 0 spiro atoms. The third kappa shape index (κ3) is 4.65. The van der Waals surface area contributed by atoms with Crippen molar-refractivity contribution >= 4 is 11.6 Å². The highest BCUT2D eigenvalue weighted by Crippen LogP contribution is 2.15. The standard InChI is InChI=1S/C14H22N2O2/c1-5-14(2,3)16-13(17)10-18-12-8-6-11(15-4)7-9-12/h6-9,15H,5,10H2,1-4H3,(H,16,17). The second-order valence-electron chi connectivity index (χ2n) is 4.85. The van der Waals surface area contributed by atoms with Crippen LogP contribution in [0.3, 0.4) is 0 Å². The van der Waals surface area contributed by atoms with Crippen LogP contribution in [0.5, 0.6) is 5.75 Å². The fourth-order valence-electron chi connectivity index (χ4n) is 1.37. The SMILES string of the molecule is CCC(C)(C)NC(=O)COc1ccc(NC)cc1. The lowest BCUT2D eigenvalue weighted by atomic mass is 10.0. The summed E-state index contributed by atoms with van der Waals surface area (Å²) >= 11 is 0. The Morgan fingerprint density at radius 2 is 1.89 bits per heavy atom. The summed E-state index contributed by atoms with van der Waals surface area (Å²) < 4.78 is 5.42. The van der Waals surface area contributed by atoms with Gasteiger partial charge in [0.15, 0.2) is 6.61 Å². The number of nitrogens with one attached hydrogen (secondary N) is 2. The van der Waals surface area contributed by atoms with Gasteiger partial charge in [-0.2, -0.15) is 0 Å². The van der Waals surface area contributed by atoms with Gasteiger partial charge in [0.25, 0.3) is 5.91 Å². The molecule has 0 radical (unpaired) electrons. The number of rotatable bonds is 6. The van der Waals surface area contributed by atoms with Crippen LogP contribution in [0.15, 0.2) is 24.3 Å². The van der Waals surface area contributed by atoms with Crippen molar-refractivity contribution in [2.75, 3.05) is 19.0 Å². The second-order valence-corrected chi connectivity index (χ2v) is 4.85. The Balaban J connectivity index is 2.42. The van der Waals surface area contributed by atoms with Crippen LogP contribution in [-0.4, -0.2) is 25.1 Å². The molecule has 0 saturated carbocycles. The summed E-state index contributed by atoms with van der Waals surface area (Å²) in [7, 11) is 1.86. The lowest BCUT2D eigenvalue weighted by Crippen LogP contribution is -2.44. The molecule has 100 valence electrons. The van der Waals surface area contributed by atoms with Gasteiger partial charge in [-0.05, 0) is 44.5 Å². The molecule has 1 aromatic carbocycles. The maximum atomic E-state index is 11.7. The smallest absolute Gasteiger partial charge is 0.258 e. The van der Waals surface area contributed by atoms with Crippen molar-refractivity contribution in [3.05, 3.63) is 24.3 Å². The minimum Gasteiger partial charge on any atom is -0.484 e. The quantitative estimate of drug-likeness (QED) is 0.815. The van der Waals surface area contributed by atoms with Gasteiger partial charge in [-0.3, -0.25) is 4.79 Å². The Kier molecular flexibility index (Phi) is 5.01. The molecule has 1 rings (SSSR count). The summed E-state index contributed by atoms with van der Waals surface area (Å²) in [5.74, 6) is 0.595. The first-order chi connectivity index (χ1) is 8.46. The number of anilines is 1. The predicted molar refractivity (Wildman–Crippen MR) is 74.0 cm³/mol. The van der Waals surface area contributed by atoms with E-state index in [9.17, 15) is 4.79 Å². The molecule has 1 amide bonds. The topological polar surface area (TPSA) is 50.4 Å². The van der Waals surface area contributed by atoms with E-state index in [-0.39, 0.29) is 18.1 Å². The monoisotopic (exact) mass is 250 g/mol. The van der Waals surface area contributed by atoms with Crippen molar-refractivity contribution in [2.45, 2.75) is 32.7 Å². The van der Waals surface area contributed by atoms with Crippen molar-refractivity contribution in [2.24, 2.45) is 0 Å². The zero-order valence-corrected chi connectivity index (χ0v) is 11.5. The highest BCUT2D eigenvalue weighted by molar-refractivity contribution is 5.78. The second kappa shape index (κ2) is 6.28. The highest BCUT2D eigenvalue weighted by atomic mass is 16.5. The van der Waals surface area contributed by atoms with Crippen LogP contribution in [0, 0.1) is 0 Å². The molecule has 0 bridgehead atoms.